The van der Waals surface area contributed by atoms with Crippen molar-refractivity contribution in [1.29, 1.82) is 0 Å². The zero-order chi connectivity index (χ0) is 11.3. The van der Waals surface area contributed by atoms with Crippen molar-refractivity contribution in [1.82, 2.24) is 9.78 Å². The maximum absolute atomic E-state index is 10.7. The first-order valence-electron chi connectivity index (χ1n) is 4.47. The Morgan fingerprint density at radius 3 is 3.07 bits per heavy atom. The summed E-state index contributed by atoms with van der Waals surface area (Å²) in [6, 6.07) is 0. The molecule has 0 aliphatic carbocycles. The molecule has 1 rings (SSSR count). The molecular formula is C8H15N5O2. The van der Waals surface area contributed by atoms with Crippen molar-refractivity contribution < 1.29 is 9.53 Å². The molecule has 1 amide bonds. The Morgan fingerprint density at radius 2 is 2.47 bits per heavy atom. The molecule has 0 bridgehead atoms. The number of carbonyl (C=O) groups is 1. The Labute approximate surface area is 87.4 Å². The second-order valence-corrected chi connectivity index (χ2v) is 2.99. The van der Waals surface area contributed by atoms with Crippen molar-refractivity contribution in [3.8, 4) is 0 Å². The summed E-state index contributed by atoms with van der Waals surface area (Å²) in [5.41, 5.74) is 11.2. The molecule has 0 aliphatic rings. The van der Waals surface area contributed by atoms with E-state index in [2.05, 4.69) is 10.4 Å². The molecule has 7 nitrogen and oxygen atoms in total. The van der Waals surface area contributed by atoms with Crippen LogP contribution in [-0.2, 0) is 16.1 Å². The lowest BCUT2D eigenvalue weighted by molar-refractivity contribution is -0.118. The van der Waals surface area contributed by atoms with E-state index >= 15 is 0 Å². The lowest BCUT2D eigenvalue weighted by Crippen LogP contribution is -2.22. The number of anilines is 2. The second-order valence-electron chi connectivity index (χ2n) is 2.99. The molecule has 0 aromatic carbocycles. The molecule has 0 radical (unpaired) electrons. The Kier molecular flexibility index (Phi) is 3.92. The quantitative estimate of drug-likeness (QED) is 0.526. The fourth-order valence-electron chi connectivity index (χ4n) is 1.13. The number of nitrogens with two attached hydrogens (primary N) is 2. The number of methoxy groups -OCH3 is 1. The minimum absolute atomic E-state index is 0.00646. The molecule has 0 aliphatic heterocycles. The molecule has 1 aromatic heterocycles. The third-order valence-corrected chi connectivity index (χ3v) is 1.77. The van der Waals surface area contributed by atoms with Crippen LogP contribution in [0.2, 0.25) is 0 Å². The van der Waals surface area contributed by atoms with Crippen LogP contribution in [0.3, 0.4) is 0 Å². The number of amides is 1. The Hall–Kier alpha value is -1.76. The molecular weight excluding hydrogens is 198 g/mol. The van der Waals surface area contributed by atoms with Gasteiger partial charge in [0.1, 0.15) is 12.4 Å². The average Bonchev–Trinajstić information content (AvgIpc) is 2.49. The number of ether oxygens (including phenoxy) is 1. The van der Waals surface area contributed by atoms with Gasteiger partial charge in [0, 0.05) is 13.7 Å². The lowest BCUT2D eigenvalue weighted by Gasteiger charge is -2.08. The minimum Gasteiger partial charge on any atom is -0.394 e. The van der Waals surface area contributed by atoms with Gasteiger partial charge in [-0.1, -0.05) is 0 Å². The maximum atomic E-state index is 10.7. The van der Waals surface area contributed by atoms with Gasteiger partial charge in [-0.25, -0.2) is 4.68 Å². The van der Waals surface area contributed by atoms with Crippen LogP contribution in [0.25, 0.3) is 0 Å². The molecule has 0 spiro atoms. The van der Waals surface area contributed by atoms with Crippen molar-refractivity contribution in [2.24, 2.45) is 5.73 Å². The van der Waals surface area contributed by atoms with Gasteiger partial charge in [0.05, 0.1) is 18.5 Å². The van der Waals surface area contributed by atoms with Gasteiger partial charge in [-0.05, 0) is 0 Å². The van der Waals surface area contributed by atoms with Gasteiger partial charge in [0.2, 0.25) is 5.91 Å². The van der Waals surface area contributed by atoms with Gasteiger partial charge in [0.15, 0.2) is 0 Å². The highest BCUT2D eigenvalue weighted by Crippen LogP contribution is 2.16. The monoisotopic (exact) mass is 213 g/mol. The predicted octanol–water partition coefficient (Wildman–Crippen LogP) is -0.991. The summed E-state index contributed by atoms with van der Waals surface area (Å²) in [4.78, 5) is 10.7. The van der Waals surface area contributed by atoms with Crippen LogP contribution in [0, 0.1) is 0 Å². The number of nitrogens with zero attached hydrogens (tertiary/aromatic N) is 2. The molecule has 15 heavy (non-hydrogen) atoms. The SMILES string of the molecule is COCCNc1c(N)cnn1CC(N)=O. The Balaban J connectivity index is 2.66. The first kappa shape index (κ1) is 11.3. The largest absolute Gasteiger partial charge is 0.394 e. The maximum Gasteiger partial charge on any atom is 0.239 e. The second kappa shape index (κ2) is 5.20. The van der Waals surface area contributed by atoms with Crippen molar-refractivity contribution in [2.45, 2.75) is 6.54 Å². The number of hydrogen-bond acceptors (Lipinski definition) is 5. The van der Waals surface area contributed by atoms with E-state index in [9.17, 15) is 4.79 Å². The third kappa shape index (κ3) is 3.13. The molecule has 0 unspecified atom stereocenters. The zero-order valence-corrected chi connectivity index (χ0v) is 8.56. The van der Waals surface area contributed by atoms with Gasteiger partial charge in [0.25, 0.3) is 0 Å². The van der Waals surface area contributed by atoms with Gasteiger partial charge < -0.3 is 21.5 Å². The van der Waals surface area contributed by atoms with Crippen molar-refractivity contribution in [3.05, 3.63) is 6.20 Å². The molecule has 0 fully saturated rings. The Bertz CT molecular complexity index is 336. The van der Waals surface area contributed by atoms with Gasteiger partial charge in [-0.3, -0.25) is 4.79 Å². The molecule has 5 N–H and O–H groups in total. The van der Waals surface area contributed by atoms with Crippen LogP contribution in [0.4, 0.5) is 11.5 Å². The van der Waals surface area contributed by atoms with Gasteiger partial charge in [-0.15, -0.1) is 0 Å². The van der Waals surface area contributed by atoms with Gasteiger partial charge in [-0.2, -0.15) is 5.10 Å². The molecule has 0 saturated carbocycles. The fourth-order valence-corrected chi connectivity index (χ4v) is 1.13. The number of aromatic nitrogens is 2. The summed E-state index contributed by atoms with van der Waals surface area (Å²) < 4.78 is 6.30. The van der Waals surface area contributed by atoms with Crippen LogP contribution in [0.5, 0.6) is 0 Å². The molecule has 1 heterocycles. The summed E-state index contributed by atoms with van der Waals surface area (Å²) in [5.74, 6) is 0.124. The number of nitrogen functional groups attached to an aromatic ring is 1. The van der Waals surface area contributed by atoms with E-state index < -0.39 is 5.91 Å². The first-order valence-corrected chi connectivity index (χ1v) is 4.47. The highest BCUT2D eigenvalue weighted by atomic mass is 16.5. The topological polar surface area (TPSA) is 108 Å². The number of primary amides is 1. The van der Waals surface area contributed by atoms with E-state index in [1.54, 1.807) is 7.11 Å². The van der Waals surface area contributed by atoms with Gasteiger partial charge >= 0.3 is 0 Å². The summed E-state index contributed by atoms with van der Waals surface area (Å²) >= 11 is 0. The molecule has 84 valence electrons. The molecule has 7 heteroatoms. The van der Waals surface area contributed by atoms with E-state index in [-0.39, 0.29) is 6.54 Å². The highest BCUT2D eigenvalue weighted by molar-refractivity contribution is 5.75. The van der Waals surface area contributed by atoms with E-state index in [0.29, 0.717) is 24.7 Å². The standard InChI is InChI=1S/C8H15N5O2/c1-15-3-2-11-8-6(9)4-12-13(8)5-7(10)14/h4,11H,2-3,5,9H2,1H3,(H2,10,14). The number of carbonyl (C=O) groups excluding carboxylic acids is 1. The summed E-state index contributed by atoms with van der Waals surface area (Å²) in [6.07, 6.45) is 1.47. The van der Waals surface area contributed by atoms with Crippen LogP contribution in [0.1, 0.15) is 0 Å². The summed E-state index contributed by atoms with van der Waals surface area (Å²) in [7, 11) is 1.60. The van der Waals surface area contributed by atoms with Crippen molar-refractivity contribution in [2.75, 3.05) is 31.3 Å². The van der Waals surface area contributed by atoms with E-state index in [0.717, 1.165) is 0 Å². The van der Waals surface area contributed by atoms with Crippen LogP contribution in [-0.4, -0.2) is 35.9 Å². The lowest BCUT2D eigenvalue weighted by atomic mass is 10.5. The Morgan fingerprint density at radius 1 is 1.73 bits per heavy atom. The first-order chi connectivity index (χ1) is 7.15. The third-order valence-electron chi connectivity index (χ3n) is 1.77. The van der Waals surface area contributed by atoms with Crippen LogP contribution < -0.4 is 16.8 Å². The summed E-state index contributed by atoms with van der Waals surface area (Å²) in [6.45, 7) is 1.14. The predicted molar refractivity (Wildman–Crippen MR) is 56.2 cm³/mol. The highest BCUT2D eigenvalue weighted by Gasteiger charge is 2.08. The van der Waals surface area contributed by atoms with Crippen LogP contribution in [0.15, 0.2) is 6.20 Å². The smallest absolute Gasteiger partial charge is 0.239 e. The summed E-state index contributed by atoms with van der Waals surface area (Å²) in [5, 5.41) is 6.93. The minimum atomic E-state index is -0.465. The van der Waals surface area contributed by atoms with E-state index in [1.807, 2.05) is 0 Å². The number of rotatable bonds is 6. The normalized spacial score (nSPS) is 10.2. The molecule has 1 aromatic rings. The average molecular weight is 213 g/mol. The molecule has 0 saturated heterocycles. The fraction of sp³-hybridized carbons (Fsp3) is 0.500. The number of hydrogen-bond donors (Lipinski definition) is 3. The van der Waals surface area contributed by atoms with Crippen molar-refractivity contribution in [3.63, 3.8) is 0 Å². The zero-order valence-electron chi connectivity index (χ0n) is 8.56. The van der Waals surface area contributed by atoms with E-state index in [1.165, 1.54) is 10.9 Å². The van der Waals surface area contributed by atoms with E-state index in [4.69, 9.17) is 16.2 Å². The molecule has 0 atom stereocenters. The van der Waals surface area contributed by atoms with Crippen LogP contribution >= 0.6 is 0 Å². The van der Waals surface area contributed by atoms with Crippen molar-refractivity contribution >= 4 is 17.4 Å². The number of nitrogens with one attached hydrogen (secondary N) is 1.